The lowest BCUT2D eigenvalue weighted by atomic mass is 9.77. The number of alkyl halides is 2. The first-order valence-electron chi connectivity index (χ1n) is 15.8. The van der Waals surface area contributed by atoms with Crippen LogP contribution in [0.3, 0.4) is 0 Å². The van der Waals surface area contributed by atoms with Crippen LogP contribution >= 0.6 is 0 Å². The number of hydrogen-bond acceptors (Lipinski definition) is 9. The van der Waals surface area contributed by atoms with Crippen LogP contribution in [0.4, 0.5) is 8.78 Å². The van der Waals surface area contributed by atoms with Crippen molar-refractivity contribution in [1.29, 1.82) is 0 Å². The molecule has 3 N–H and O–H groups in total. The van der Waals surface area contributed by atoms with Crippen LogP contribution in [0.1, 0.15) is 73.1 Å². The molecule has 0 aromatic heterocycles. The molecule has 43 heavy (non-hydrogen) atoms. The maximum atomic E-state index is 13.8. The Labute approximate surface area is 255 Å². The molecule has 12 heteroatoms. The summed E-state index contributed by atoms with van der Waals surface area (Å²) in [5.41, 5.74) is -1.47. The van der Waals surface area contributed by atoms with Gasteiger partial charge in [0.05, 0.1) is 29.6 Å². The van der Waals surface area contributed by atoms with Crippen LogP contribution in [0.25, 0.3) is 0 Å². The number of amides is 1. The van der Waals surface area contributed by atoms with Gasteiger partial charge >= 0.3 is 5.97 Å². The Hall–Kier alpha value is -1.44. The number of likely N-dealkylation sites (N-methyl/N-ethyl adjacent to an activating group) is 2. The zero-order valence-electron chi connectivity index (χ0n) is 27.2. The third-order valence-electron chi connectivity index (χ3n) is 9.55. The molecular formula is C31H55F2N3O7. The molecule has 1 amide bonds. The van der Waals surface area contributed by atoms with Gasteiger partial charge in [-0.3, -0.25) is 9.59 Å². The zero-order valence-corrected chi connectivity index (χ0v) is 27.2. The first-order chi connectivity index (χ1) is 19.9. The monoisotopic (exact) mass is 619 g/mol. The van der Waals surface area contributed by atoms with E-state index in [2.05, 4.69) is 10.2 Å². The van der Waals surface area contributed by atoms with Crippen LogP contribution in [0, 0.1) is 23.7 Å². The predicted molar refractivity (Wildman–Crippen MR) is 157 cm³/mol. The van der Waals surface area contributed by atoms with E-state index in [-0.39, 0.29) is 36.8 Å². The number of hydrogen-bond donors (Lipinski definition) is 3. The van der Waals surface area contributed by atoms with E-state index < -0.39 is 72.7 Å². The molecule has 3 aliphatic rings. The van der Waals surface area contributed by atoms with Crippen LogP contribution in [-0.4, -0.2) is 121 Å². The molecule has 2 saturated heterocycles. The number of halogens is 2. The summed E-state index contributed by atoms with van der Waals surface area (Å²) in [4.78, 5) is 30.7. The Morgan fingerprint density at radius 2 is 1.79 bits per heavy atom. The number of esters is 1. The van der Waals surface area contributed by atoms with Gasteiger partial charge in [-0.2, -0.15) is 0 Å². The summed E-state index contributed by atoms with van der Waals surface area (Å²) in [6, 6.07) is -0.251. The Kier molecular flexibility index (Phi) is 12.4. The molecule has 0 radical (unpaired) electrons. The van der Waals surface area contributed by atoms with Crippen molar-refractivity contribution >= 4 is 11.9 Å². The van der Waals surface area contributed by atoms with E-state index in [1.807, 2.05) is 39.9 Å². The van der Waals surface area contributed by atoms with Crippen LogP contribution in [0.2, 0.25) is 0 Å². The van der Waals surface area contributed by atoms with Crippen molar-refractivity contribution in [2.75, 3.05) is 40.8 Å². The highest BCUT2D eigenvalue weighted by molar-refractivity contribution is 5.80. The van der Waals surface area contributed by atoms with Gasteiger partial charge in [-0.1, -0.05) is 20.8 Å². The first kappa shape index (κ1) is 36.0. The lowest BCUT2D eigenvalue weighted by Gasteiger charge is -2.47. The van der Waals surface area contributed by atoms with Gasteiger partial charge in [-0.15, -0.1) is 0 Å². The highest BCUT2D eigenvalue weighted by Crippen LogP contribution is 2.39. The normalized spacial score (nSPS) is 41.0. The van der Waals surface area contributed by atoms with E-state index in [9.17, 15) is 28.6 Å². The highest BCUT2D eigenvalue weighted by Gasteiger charge is 2.49. The number of aliphatic hydroxyl groups is 2. The maximum Gasteiger partial charge on any atom is 0.309 e. The fourth-order valence-corrected chi connectivity index (χ4v) is 7.17. The Bertz CT molecular complexity index is 929. The van der Waals surface area contributed by atoms with Crippen LogP contribution < -0.4 is 5.32 Å². The number of aliphatic hydroxyl groups excluding tert-OH is 1. The van der Waals surface area contributed by atoms with Crippen molar-refractivity contribution in [3.63, 3.8) is 0 Å². The van der Waals surface area contributed by atoms with Gasteiger partial charge in [-0.05, 0) is 66.6 Å². The second-order valence-corrected chi connectivity index (χ2v) is 14.0. The van der Waals surface area contributed by atoms with Crippen LogP contribution in [0.15, 0.2) is 0 Å². The van der Waals surface area contributed by atoms with Crippen molar-refractivity contribution in [2.24, 2.45) is 23.7 Å². The number of nitrogens with one attached hydrogen (secondary N) is 1. The Balaban J connectivity index is 1.98. The van der Waals surface area contributed by atoms with Gasteiger partial charge in [0.15, 0.2) is 6.29 Å². The summed E-state index contributed by atoms with van der Waals surface area (Å²) in [5.74, 6) is -5.99. The third-order valence-corrected chi connectivity index (χ3v) is 9.55. The number of ether oxygens (including phenoxy) is 3. The molecule has 0 bridgehead atoms. The average molecular weight is 620 g/mol. The third kappa shape index (κ3) is 9.53. The summed E-state index contributed by atoms with van der Waals surface area (Å²) in [6.07, 6.45) is -4.25. The first-order valence-corrected chi connectivity index (χ1v) is 15.8. The number of carbonyl (C=O) groups is 2. The fraction of sp³-hybridized carbons (Fsp3) is 0.935. The van der Waals surface area contributed by atoms with Crippen LogP contribution in [0.5, 0.6) is 0 Å². The van der Waals surface area contributed by atoms with E-state index in [4.69, 9.17) is 14.2 Å². The smallest absolute Gasteiger partial charge is 0.309 e. The molecule has 3 rings (SSSR count). The summed E-state index contributed by atoms with van der Waals surface area (Å²) in [7, 11) is 5.69. The topological polar surface area (TPSA) is 121 Å². The van der Waals surface area contributed by atoms with Gasteiger partial charge in [-0.25, -0.2) is 8.78 Å². The standard InChI is InChI=1S/C31H55F2N3O7/c1-18-16-30(5,40)26(43-29-24(37)23(35(6)7)15-19(2)41-29)20(3)25(21(4)27(38)34-13-14-36(8)17-18)42-28(39)22-9-11-31(32,33)12-10-22/h18-26,29,37,40H,9-17H2,1-8H3,(H,34,38)/t18-,19-,20?,21-,23+,24-,25+,26-,29+,30-/m1/s1. The Morgan fingerprint density at radius 3 is 2.40 bits per heavy atom. The summed E-state index contributed by atoms with van der Waals surface area (Å²) < 4.78 is 46.3. The van der Waals surface area contributed by atoms with Crippen molar-refractivity contribution in [3.8, 4) is 0 Å². The van der Waals surface area contributed by atoms with Gasteiger partial charge in [0.2, 0.25) is 11.8 Å². The predicted octanol–water partition coefficient (Wildman–Crippen LogP) is 2.65. The SMILES string of the molecule is CC1[C@@H](O[C@@H]2O[C@H](C)C[C@H](N(C)C)[C@H]2O)[C@](C)(O)C[C@@H](C)CN(C)CCNC(=O)[C@H](C)[C@H]1OC(=O)C1CCC(F)(F)CC1. The van der Waals surface area contributed by atoms with Gasteiger partial charge in [0.1, 0.15) is 12.2 Å². The molecule has 2 heterocycles. The minimum atomic E-state index is -2.80. The van der Waals surface area contributed by atoms with Crippen molar-refractivity contribution in [1.82, 2.24) is 15.1 Å². The molecule has 1 aliphatic carbocycles. The van der Waals surface area contributed by atoms with Crippen molar-refractivity contribution < 1.29 is 42.8 Å². The van der Waals surface area contributed by atoms with Gasteiger partial charge < -0.3 is 39.5 Å². The van der Waals surface area contributed by atoms with E-state index in [0.29, 0.717) is 32.5 Å². The van der Waals surface area contributed by atoms with Gasteiger partial charge in [0.25, 0.3) is 0 Å². The summed E-state index contributed by atoms with van der Waals surface area (Å²) in [6.45, 7) is 10.7. The largest absolute Gasteiger partial charge is 0.461 e. The van der Waals surface area contributed by atoms with E-state index in [1.165, 1.54) is 0 Å². The second kappa shape index (κ2) is 14.8. The average Bonchev–Trinajstić information content (AvgIpc) is 2.89. The van der Waals surface area contributed by atoms with E-state index >= 15 is 0 Å². The minimum Gasteiger partial charge on any atom is -0.461 e. The molecular weight excluding hydrogens is 564 g/mol. The van der Waals surface area contributed by atoms with Crippen molar-refractivity contribution in [3.05, 3.63) is 0 Å². The molecule has 1 saturated carbocycles. The molecule has 250 valence electrons. The van der Waals surface area contributed by atoms with Gasteiger partial charge in [0, 0.05) is 44.4 Å². The lowest BCUT2D eigenvalue weighted by Crippen LogP contribution is -2.59. The molecule has 2 aliphatic heterocycles. The highest BCUT2D eigenvalue weighted by atomic mass is 19.3. The molecule has 0 aromatic rings. The molecule has 0 spiro atoms. The fourth-order valence-electron chi connectivity index (χ4n) is 7.17. The van der Waals surface area contributed by atoms with E-state index in [1.54, 1.807) is 20.8 Å². The number of nitrogens with zero attached hydrogens (tertiary/aromatic N) is 2. The number of rotatable bonds is 5. The zero-order chi connectivity index (χ0) is 32.3. The molecule has 10 nitrogen and oxygen atoms in total. The van der Waals surface area contributed by atoms with Crippen LogP contribution in [-0.2, 0) is 23.8 Å². The summed E-state index contributed by atoms with van der Waals surface area (Å²) >= 11 is 0. The molecule has 3 fully saturated rings. The lowest BCUT2D eigenvalue weighted by molar-refractivity contribution is -0.299. The summed E-state index contributed by atoms with van der Waals surface area (Å²) in [5, 5.41) is 26.3. The van der Waals surface area contributed by atoms with E-state index in [0.717, 1.165) is 0 Å². The molecule has 10 atom stereocenters. The van der Waals surface area contributed by atoms with Crippen molar-refractivity contribution in [2.45, 2.75) is 121 Å². The Morgan fingerprint density at radius 1 is 1.16 bits per heavy atom. The number of carbonyl (C=O) groups excluding carboxylic acids is 2. The molecule has 1 unspecified atom stereocenters. The molecule has 0 aromatic carbocycles. The quantitative estimate of drug-likeness (QED) is 0.399. The maximum absolute atomic E-state index is 13.8. The minimum absolute atomic E-state index is 0.000916. The second-order valence-electron chi connectivity index (χ2n) is 14.0.